The topological polar surface area (TPSA) is 32.3 Å². The lowest BCUT2D eigenvalue weighted by Gasteiger charge is -2.37. The molecule has 1 aromatic carbocycles. The molecule has 2 aliphatic rings. The average molecular weight is 290 g/mol. The Labute approximate surface area is 125 Å². The van der Waals surface area contributed by atoms with E-state index in [2.05, 4.69) is 5.32 Å². The smallest absolute Gasteiger partial charge is 0.254 e. The Kier molecular flexibility index (Phi) is 3.98. The standard InChI is InChI=1S/C17H23FN2O/c1-3-20(16-9-14-4-5-15(10-16)19-14)17(21)12-6-11(2)7-13(18)8-12/h6-8,14-16,19H,3-5,9-10H2,1-2H3. The van der Waals surface area contributed by atoms with Gasteiger partial charge >= 0.3 is 0 Å². The Morgan fingerprint density at radius 2 is 1.95 bits per heavy atom. The lowest BCUT2D eigenvalue weighted by atomic mass is 9.97. The monoisotopic (exact) mass is 290 g/mol. The van der Waals surface area contributed by atoms with Gasteiger partial charge in [-0.05, 0) is 63.3 Å². The molecule has 2 aliphatic heterocycles. The molecular formula is C17H23FN2O. The minimum atomic E-state index is -0.334. The molecule has 0 radical (unpaired) electrons. The highest BCUT2D eigenvalue weighted by Crippen LogP contribution is 2.30. The maximum atomic E-state index is 13.6. The van der Waals surface area contributed by atoms with Gasteiger partial charge in [0, 0.05) is 30.2 Å². The molecule has 2 bridgehead atoms. The van der Waals surface area contributed by atoms with Gasteiger partial charge in [-0.2, -0.15) is 0 Å². The van der Waals surface area contributed by atoms with Gasteiger partial charge in [-0.3, -0.25) is 4.79 Å². The summed E-state index contributed by atoms with van der Waals surface area (Å²) in [5.74, 6) is -0.369. The third kappa shape index (κ3) is 2.95. The maximum absolute atomic E-state index is 13.6. The number of halogens is 1. The van der Waals surface area contributed by atoms with Gasteiger partial charge < -0.3 is 10.2 Å². The van der Waals surface area contributed by atoms with Crippen molar-refractivity contribution in [2.45, 2.75) is 57.7 Å². The summed E-state index contributed by atoms with van der Waals surface area (Å²) in [5, 5.41) is 3.60. The zero-order valence-corrected chi connectivity index (χ0v) is 12.7. The van der Waals surface area contributed by atoms with Crippen molar-refractivity contribution in [1.82, 2.24) is 10.2 Å². The molecule has 2 atom stereocenters. The number of hydrogen-bond donors (Lipinski definition) is 1. The van der Waals surface area contributed by atoms with Crippen LogP contribution in [-0.4, -0.2) is 35.5 Å². The van der Waals surface area contributed by atoms with Crippen LogP contribution in [0, 0.1) is 12.7 Å². The molecule has 3 rings (SSSR count). The van der Waals surface area contributed by atoms with Crippen molar-refractivity contribution < 1.29 is 9.18 Å². The number of hydrogen-bond acceptors (Lipinski definition) is 2. The number of piperidine rings is 1. The van der Waals surface area contributed by atoms with E-state index in [-0.39, 0.29) is 17.8 Å². The summed E-state index contributed by atoms with van der Waals surface area (Å²) in [5.41, 5.74) is 1.26. The van der Waals surface area contributed by atoms with Crippen LogP contribution in [-0.2, 0) is 0 Å². The Hall–Kier alpha value is -1.42. The van der Waals surface area contributed by atoms with Crippen LogP contribution in [0.15, 0.2) is 18.2 Å². The van der Waals surface area contributed by atoms with Crippen molar-refractivity contribution in [2.75, 3.05) is 6.54 Å². The van der Waals surface area contributed by atoms with Gasteiger partial charge in [0.1, 0.15) is 5.82 Å². The Morgan fingerprint density at radius 3 is 2.52 bits per heavy atom. The van der Waals surface area contributed by atoms with Crippen molar-refractivity contribution in [1.29, 1.82) is 0 Å². The summed E-state index contributed by atoms with van der Waals surface area (Å²) in [7, 11) is 0. The summed E-state index contributed by atoms with van der Waals surface area (Å²) in [4.78, 5) is 14.7. The van der Waals surface area contributed by atoms with Crippen LogP contribution in [0.4, 0.5) is 4.39 Å². The van der Waals surface area contributed by atoms with Crippen molar-refractivity contribution in [2.24, 2.45) is 0 Å². The van der Waals surface area contributed by atoms with Crippen molar-refractivity contribution in [3.05, 3.63) is 35.1 Å². The molecule has 0 aliphatic carbocycles. The van der Waals surface area contributed by atoms with E-state index in [1.807, 2.05) is 18.7 Å². The first-order valence-electron chi connectivity index (χ1n) is 7.91. The molecule has 2 fully saturated rings. The number of rotatable bonds is 3. The van der Waals surface area contributed by atoms with Crippen molar-refractivity contribution in [3.63, 3.8) is 0 Å². The summed E-state index contributed by atoms with van der Waals surface area (Å²) in [6.45, 7) is 4.51. The SMILES string of the molecule is CCN(C(=O)c1cc(C)cc(F)c1)C1CC2CCC(C1)N2. The van der Waals surface area contributed by atoms with Crippen LogP contribution in [0.3, 0.4) is 0 Å². The zero-order chi connectivity index (χ0) is 15.0. The Morgan fingerprint density at radius 1 is 1.29 bits per heavy atom. The fraction of sp³-hybridized carbons (Fsp3) is 0.588. The highest BCUT2D eigenvalue weighted by Gasteiger charge is 2.37. The van der Waals surface area contributed by atoms with E-state index in [0.29, 0.717) is 24.2 Å². The van der Waals surface area contributed by atoms with Crippen LogP contribution in [0.2, 0.25) is 0 Å². The summed E-state index contributed by atoms with van der Waals surface area (Å²) in [6.07, 6.45) is 4.47. The third-order valence-corrected chi connectivity index (χ3v) is 4.78. The molecule has 0 saturated carbocycles. The number of nitrogens with zero attached hydrogens (tertiary/aromatic N) is 1. The van der Waals surface area contributed by atoms with Gasteiger partial charge in [0.25, 0.3) is 5.91 Å². The lowest BCUT2D eigenvalue weighted by Crippen LogP contribution is -2.50. The van der Waals surface area contributed by atoms with Gasteiger partial charge in [-0.15, -0.1) is 0 Å². The first-order chi connectivity index (χ1) is 10.1. The molecule has 2 heterocycles. The quantitative estimate of drug-likeness (QED) is 0.928. The molecule has 1 aromatic rings. The number of nitrogens with one attached hydrogen (secondary N) is 1. The van der Waals surface area contributed by atoms with Crippen molar-refractivity contribution in [3.8, 4) is 0 Å². The summed E-state index contributed by atoms with van der Waals surface area (Å²) < 4.78 is 13.6. The predicted octanol–water partition coefficient (Wildman–Crippen LogP) is 2.88. The van der Waals surface area contributed by atoms with E-state index in [1.165, 1.54) is 25.0 Å². The Bertz CT molecular complexity index is 513. The van der Waals surface area contributed by atoms with Gasteiger partial charge in [0.05, 0.1) is 0 Å². The average Bonchev–Trinajstić information content (AvgIpc) is 2.77. The second-order valence-corrected chi connectivity index (χ2v) is 6.37. The highest BCUT2D eigenvalue weighted by molar-refractivity contribution is 5.94. The van der Waals surface area contributed by atoms with Crippen LogP contribution < -0.4 is 5.32 Å². The second kappa shape index (κ2) is 5.76. The van der Waals surface area contributed by atoms with Gasteiger partial charge in [0.15, 0.2) is 0 Å². The molecule has 0 aromatic heterocycles. The first-order valence-corrected chi connectivity index (χ1v) is 7.91. The largest absolute Gasteiger partial charge is 0.336 e. The van der Waals surface area contributed by atoms with Crippen LogP contribution in [0.1, 0.15) is 48.5 Å². The van der Waals surface area contributed by atoms with E-state index in [1.54, 1.807) is 6.07 Å². The fourth-order valence-corrected chi connectivity index (χ4v) is 3.87. The fourth-order valence-electron chi connectivity index (χ4n) is 3.87. The predicted molar refractivity (Wildman–Crippen MR) is 80.8 cm³/mol. The minimum Gasteiger partial charge on any atom is -0.336 e. The van der Waals surface area contributed by atoms with Gasteiger partial charge in [-0.25, -0.2) is 4.39 Å². The molecule has 1 N–H and O–H groups in total. The number of benzene rings is 1. The zero-order valence-electron chi connectivity index (χ0n) is 12.7. The van der Waals surface area contributed by atoms with E-state index >= 15 is 0 Å². The van der Waals surface area contributed by atoms with E-state index in [0.717, 1.165) is 18.4 Å². The van der Waals surface area contributed by atoms with Crippen LogP contribution in [0.5, 0.6) is 0 Å². The summed E-state index contributed by atoms with van der Waals surface area (Å²) in [6, 6.07) is 5.97. The van der Waals surface area contributed by atoms with Crippen LogP contribution in [0.25, 0.3) is 0 Å². The molecule has 21 heavy (non-hydrogen) atoms. The molecule has 2 saturated heterocycles. The Balaban J connectivity index is 1.80. The van der Waals surface area contributed by atoms with Gasteiger partial charge in [-0.1, -0.05) is 0 Å². The van der Waals surface area contributed by atoms with Crippen molar-refractivity contribution >= 4 is 5.91 Å². The molecule has 1 amide bonds. The maximum Gasteiger partial charge on any atom is 0.254 e. The lowest BCUT2D eigenvalue weighted by molar-refractivity contribution is 0.0630. The number of aryl methyl sites for hydroxylation is 1. The first kappa shape index (κ1) is 14.5. The van der Waals surface area contributed by atoms with Gasteiger partial charge in [0.2, 0.25) is 0 Å². The molecule has 3 nitrogen and oxygen atoms in total. The van der Waals surface area contributed by atoms with Crippen LogP contribution >= 0.6 is 0 Å². The number of fused-ring (bicyclic) bond motifs is 2. The van der Waals surface area contributed by atoms with E-state index in [4.69, 9.17) is 0 Å². The van der Waals surface area contributed by atoms with E-state index in [9.17, 15) is 9.18 Å². The normalized spacial score (nSPS) is 27.7. The molecule has 4 heteroatoms. The molecule has 2 unspecified atom stereocenters. The third-order valence-electron chi connectivity index (χ3n) is 4.78. The second-order valence-electron chi connectivity index (χ2n) is 6.37. The summed E-state index contributed by atoms with van der Waals surface area (Å²) >= 11 is 0. The molecular weight excluding hydrogens is 267 g/mol. The molecule has 114 valence electrons. The molecule has 0 spiro atoms. The number of amides is 1. The van der Waals surface area contributed by atoms with E-state index < -0.39 is 0 Å². The number of carbonyl (C=O) groups is 1. The number of carbonyl (C=O) groups excluding carboxylic acids is 1. The minimum absolute atomic E-state index is 0.0357. The highest BCUT2D eigenvalue weighted by atomic mass is 19.1.